The number of ketones is 1. The minimum Gasteiger partial charge on any atom is -0.379 e. The van der Waals surface area contributed by atoms with Crippen molar-refractivity contribution in [1.29, 1.82) is 0 Å². The number of nitrogens with one attached hydrogen (secondary N) is 1. The first-order valence-electron chi connectivity index (χ1n) is 7.26. The molecule has 0 saturated carbocycles. The van der Waals surface area contributed by atoms with E-state index in [4.69, 9.17) is 9.47 Å². The SMILES string of the molecule is CCNC1COCC1C(=O)CCCC1CCCO1. The summed E-state index contributed by atoms with van der Waals surface area (Å²) in [5.41, 5.74) is 0. The monoisotopic (exact) mass is 255 g/mol. The Morgan fingerprint density at radius 1 is 1.39 bits per heavy atom. The van der Waals surface area contributed by atoms with Crippen molar-refractivity contribution in [1.82, 2.24) is 5.32 Å². The molecular formula is C14H25NO3. The van der Waals surface area contributed by atoms with E-state index in [2.05, 4.69) is 12.2 Å². The van der Waals surface area contributed by atoms with Gasteiger partial charge in [0.1, 0.15) is 5.78 Å². The fraction of sp³-hybridized carbons (Fsp3) is 0.929. The van der Waals surface area contributed by atoms with Crippen molar-refractivity contribution in [3.05, 3.63) is 0 Å². The fourth-order valence-corrected chi connectivity index (χ4v) is 2.90. The van der Waals surface area contributed by atoms with Crippen LogP contribution in [0.15, 0.2) is 0 Å². The molecule has 18 heavy (non-hydrogen) atoms. The van der Waals surface area contributed by atoms with Crippen molar-refractivity contribution in [3.8, 4) is 0 Å². The van der Waals surface area contributed by atoms with Crippen LogP contribution < -0.4 is 5.32 Å². The standard InChI is InChI=1S/C14H25NO3/c1-2-15-13-10-17-9-12(13)14(16)7-3-5-11-6-4-8-18-11/h11-13,15H,2-10H2,1H3. The van der Waals surface area contributed by atoms with E-state index in [9.17, 15) is 4.79 Å². The molecule has 4 heteroatoms. The summed E-state index contributed by atoms with van der Waals surface area (Å²) in [6.45, 7) is 5.13. The van der Waals surface area contributed by atoms with Crippen LogP contribution in [-0.2, 0) is 14.3 Å². The van der Waals surface area contributed by atoms with E-state index in [1.807, 2.05) is 0 Å². The summed E-state index contributed by atoms with van der Waals surface area (Å²) in [7, 11) is 0. The minimum atomic E-state index is 0.0643. The smallest absolute Gasteiger partial charge is 0.139 e. The van der Waals surface area contributed by atoms with Crippen molar-refractivity contribution < 1.29 is 14.3 Å². The van der Waals surface area contributed by atoms with Crippen LogP contribution >= 0.6 is 0 Å². The van der Waals surface area contributed by atoms with Gasteiger partial charge in [-0.15, -0.1) is 0 Å². The van der Waals surface area contributed by atoms with E-state index in [1.165, 1.54) is 12.8 Å². The number of hydrogen-bond donors (Lipinski definition) is 1. The molecule has 2 rings (SSSR count). The van der Waals surface area contributed by atoms with Gasteiger partial charge in [-0.1, -0.05) is 6.92 Å². The molecular weight excluding hydrogens is 230 g/mol. The third kappa shape index (κ3) is 3.77. The van der Waals surface area contributed by atoms with Crippen molar-refractivity contribution in [2.75, 3.05) is 26.4 Å². The summed E-state index contributed by atoms with van der Waals surface area (Å²) in [4.78, 5) is 12.1. The summed E-state index contributed by atoms with van der Waals surface area (Å²) in [5.74, 6) is 0.422. The van der Waals surface area contributed by atoms with Gasteiger partial charge in [0.2, 0.25) is 0 Å². The number of carbonyl (C=O) groups excluding carboxylic acids is 1. The first kappa shape index (κ1) is 14.0. The molecule has 1 N–H and O–H groups in total. The Morgan fingerprint density at radius 3 is 3.00 bits per heavy atom. The quantitative estimate of drug-likeness (QED) is 0.749. The predicted molar refractivity (Wildman–Crippen MR) is 69.6 cm³/mol. The number of hydrogen-bond acceptors (Lipinski definition) is 4. The Hall–Kier alpha value is -0.450. The lowest BCUT2D eigenvalue weighted by Gasteiger charge is -2.17. The summed E-state index contributed by atoms with van der Waals surface area (Å²) in [6.07, 6.45) is 5.42. The number of rotatable bonds is 7. The Labute approximate surface area is 109 Å². The normalized spacial score (nSPS) is 31.9. The molecule has 0 aromatic heterocycles. The molecule has 0 amide bonds. The van der Waals surface area contributed by atoms with Crippen molar-refractivity contribution in [2.24, 2.45) is 5.92 Å². The van der Waals surface area contributed by atoms with Gasteiger partial charge in [-0.05, 0) is 32.2 Å². The molecule has 3 unspecified atom stereocenters. The lowest BCUT2D eigenvalue weighted by Crippen LogP contribution is -2.39. The molecule has 2 aliphatic rings. The molecule has 4 nitrogen and oxygen atoms in total. The topological polar surface area (TPSA) is 47.6 Å². The maximum atomic E-state index is 12.1. The highest BCUT2D eigenvalue weighted by Gasteiger charge is 2.32. The van der Waals surface area contributed by atoms with Crippen LogP contribution in [-0.4, -0.2) is 44.3 Å². The van der Waals surface area contributed by atoms with Crippen LogP contribution in [0.2, 0.25) is 0 Å². The zero-order valence-electron chi connectivity index (χ0n) is 11.3. The number of ether oxygens (including phenoxy) is 2. The van der Waals surface area contributed by atoms with Crippen LogP contribution in [0.1, 0.15) is 39.0 Å². The number of carbonyl (C=O) groups is 1. The summed E-state index contributed by atoms with van der Waals surface area (Å²) in [6, 6.07) is 0.227. The highest BCUT2D eigenvalue weighted by atomic mass is 16.5. The predicted octanol–water partition coefficient (Wildman–Crippen LogP) is 1.53. The molecule has 0 bridgehead atoms. The molecule has 0 aliphatic carbocycles. The summed E-state index contributed by atoms with van der Waals surface area (Å²) >= 11 is 0. The van der Waals surface area contributed by atoms with Crippen molar-refractivity contribution in [2.45, 2.75) is 51.2 Å². The van der Waals surface area contributed by atoms with E-state index >= 15 is 0 Å². The number of Topliss-reactive ketones (excluding diaryl/α,β-unsaturated/α-hetero) is 1. The molecule has 0 radical (unpaired) electrons. The van der Waals surface area contributed by atoms with E-state index in [0.29, 0.717) is 31.5 Å². The molecule has 0 spiro atoms. The molecule has 2 aliphatic heterocycles. The van der Waals surface area contributed by atoms with Gasteiger partial charge >= 0.3 is 0 Å². The van der Waals surface area contributed by atoms with Gasteiger partial charge < -0.3 is 14.8 Å². The first-order chi connectivity index (χ1) is 8.81. The molecule has 0 aromatic carbocycles. The zero-order valence-corrected chi connectivity index (χ0v) is 11.3. The van der Waals surface area contributed by atoms with E-state index < -0.39 is 0 Å². The third-order valence-electron chi connectivity index (χ3n) is 3.93. The van der Waals surface area contributed by atoms with Crippen LogP contribution in [0.5, 0.6) is 0 Å². The van der Waals surface area contributed by atoms with Crippen molar-refractivity contribution >= 4 is 5.78 Å². The van der Waals surface area contributed by atoms with Gasteiger partial charge in [0.05, 0.1) is 25.2 Å². The van der Waals surface area contributed by atoms with Crippen LogP contribution in [0.3, 0.4) is 0 Å². The average Bonchev–Trinajstić information content (AvgIpc) is 3.00. The van der Waals surface area contributed by atoms with Gasteiger partial charge in [0, 0.05) is 19.1 Å². The number of likely N-dealkylation sites (N-methyl/N-ethyl adjacent to an activating group) is 1. The van der Waals surface area contributed by atoms with Gasteiger partial charge in [-0.25, -0.2) is 0 Å². The van der Waals surface area contributed by atoms with Crippen LogP contribution in [0.4, 0.5) is 0 Å². The summed E-state index contributed by atoms with van der Waals surface area (Å²) in [5, 5.41) is 3.34. The third-order valence-corrected chi connectivity index (χ3v) is 3.93. The maximum Gasteiger partial charge on any atom is 0.139 e. The Bertz CT molecular complexity index is 264. The highest BCUT2D eigenvalue weighted by molar-refractivity contribution is 5.82. The van der Waals surface area contributed by atoms with Crippen molar-refractivity contribution in [3.63, 3.8) is 0 Å². The van der Waals surface area contributed by atoms with Gasteiger partial charge in [-0.2, -0.15) is 0 Å². The minimum absolute atomic E-state index is 0.0643. The highest BCUT2D eigenvalue weighted by Crippen LogP contribution is 2.21. The summed E-state index contributed by atoms with van der Waals surface area (Å²) < 4.78 is 11.0. The van der Waals surface area contributed by atoms with Crippen LogP contribution in [0.25, 0.3) is 0 Å². The average molecular weight is 255 g/mol. The lowest BCUT2D eigenvalue weighted by atomic mass is 9.94. The Kier molecular flexibility index (Phi) is 5.60. The maximum absolute atomic E-state index is 12.1. The second-order valence-electron chi connectivity index (χ2n) is 5.30. The van der Waals surface area contributed by atoms with Gasteiger partial charge in [0.25, 0.3) is 0 Å². The Balaban J connectivity index is 1.66. The van der Waals surface area contributed by atoms with Gasteiger partial charge in [-0.3, -0.25) is 4.79 Å². The second-order valence-corrected chi connectivity index (χ2v) is 5.30. The lowest BCUT2D eigenvalue weighted by molar-refractivity contribution is -0.123. The Morgan fingerprint density at radius 2 is 2.28 bits per heavy atom. The van der Waals surface area contributed by atoms with E-state index in [-0.39, 0.29) is 12.0 Å². The van der Waals surface area contributed by atoms with Gasteiger partial charge in [0.15, 0.2) is 0 Å². The van der Waals surface area contributed by atoms with E-state index in [1.54, 1.807) is 0 Å². The van der Waals surface area contributed by atoms with Crippen LogP contribution in [0, 0.1) is 5.92 Å². The molecule has 2 saturated heterocycles. The van der Waals surface area contributed by atoms with E-state index in [0.717, 1.165) is 26.0 Å². The molecule has 104 valence electrons. The fourth-order valence-electron chi connectivity index (χ4n) is 2.90. The largest absolute Gasteiger partial charge is 0.379 e. The molecule has 2 heterocycles. The zero-order chi connectivity index (χ0) is 12.8. The molecule has 3 atom stereocenters. The molecule has 0 aromatic rings. The second kappa shape index (κ2) is 7.22. The molecule has 2 fully saturated rings. The first-order valence-corrected chi connectivity index (χ1v) is 7.26.